The van der Waals surface area contributed by atoms with Crippen LogP contribution in [0.5, 0.6) is 11.5 Å². The number of halogens is 1. The molecule has 32 heavy (non-hydrogen) atoms. The molecule has 0 radical (unpaired) electrons. The maximum atomic E-state index is 12.2. The van der Waals surface area contributed by atoms with E-state index in [1.165, 1.54) is 17.9 Å². The highest BCUT2D eigenvalue weighted by Crippen LogP contribution is 2.23. The Bertz CT molecular complexity index is 1190. The third-order valence-electron chi connectivity index (χ3n) is 5.01. The molecule has 0 aliphatic heterocycles. The molecule has 0 bridgehead atoms. The summed E-state index contributed by atoms with van der Waals surface area (Å²) in [5, 5.41) is 11.9. The Kier molecular flexibility index (Phi) is 7.27. The van der Waals surface area contributed by atoms with Crippen LogP contribution in [0.4, 0.5) is 0 Å². The molecular formula is C27H24IO4+. The molecule has 0 saturated carbocycles. The van der Waals surface area contributed by atoms with Crippen molar-refractivity contribution in [1.29, 1.82) is 0 Å². The van der Waals surface area contributed by atoms with E-state index in [0.717, 1.165) is 5.56 Å². The number of esters is 1. The number of fused-ring (bicyclic) bond motifs is 1. The number of aromatic hydroxyl groups is 1. The van der Waals surface area contributed by atoms with E-state index in [4.69, 9.17) is 9.47 Å². The third-order valence-corrected chi connectivity index (χ3v) is 7.65. The molecule has 1 N–H and O–H groups in total. The first-order valence-electron chi connectivity index (χ1n) is 10.5. The summed E-state index contributed by atoms with van der Waals surface area (Å²) in [5.41, 5.74) is 0.848. The summed E-state index contributed by atoms with van der Waals surface area (Å²) in [4.78, 5) is 12.2. The molecule has 0 saturated heterocycles. The topological polar surface area (TPSA) is 55.8 Å². The zero-order chi connectivity index (χ0) is 22.3. The lowest BCUT2D eigenvalue weighted by Crippen LogP contribution is -3.61. The van der Waals surface area contributed by atoms with Crippen molar-refractivity contribution in [3.05, 3.63) is 104 Å². The Morgan fingerprint density at radius 1 is 0.875 bits per heavy atom. The van der Waals surface area contributed by atoms with Crippen molar-refractivity contribution in [2.75, 3.05) is 6.61 Å². The van der Waals surface area contributed by atoms with Gasteiger partial charge in [0.25, 0.3) is 0 Å². The summed E-state index contributed by atoms with van der Waals surface area (Å²) in [6.07, 6.45) is 0.282. The number of carbonyl (C=O) groups excluding carboxylic acids is 1. The number of rotatable bonds is 8. The molecule has 0 aliphatic rings. The normalized spacial score (nSPS) is 11.8. The van der Waals surface area contributed by atoms with Crippen LogP contribution in [0.2, 0.25) is 0 Å². The Morgan fingerprint density at radius 3 is 2.28 bits per heavy atom. The molecule has 5 heteroatoms. The average molecular weight is 539 g/mol. The smallest absolute Gasteiger partial charge is 0.357 e. The second kappa shape index (κ2) is 10.5. The van der Waals surface area contributed by atoms with Crippen LogP contribution in [0, 0.1) is 7.14 Å². The number of phenols is 1. The van der Waals surface area contributed by atoms with Crippen LogP contribution in [0.25, 0.3) is 10.8 Å². The molecule has 4 aromatic carbocycles. The van der Waals surface area contributed by atoms with Gasteiger partial charge in [-0.1, -0.05) is 43.3 Å². The highest BCUT2D eigenvalue weighted by molar-refractivity contribution is 5.81. The summed E-state index contributed by atoms with van der Waals surface area (Å²) in [5.74, 6) is 0.410. The van der Waals surface area contributed by atoms with Crippen molar-refractivity contribution in [3.63, 3.8) is 0 Å². The maximum absolute atomic E-state index is 12.2. The zero-order valence-electron chi connectivity index (χ0n) is 17.7. The Morgan fingerprint density at radius 2 is 1.56 bits per heavy atom. The summed E-state index contributed by atoms with van der Waals surface area (Å²) >= 11 is -0.290. The van der Waals surface area contributed by atoms with Gasteiger partial charge in [-0.15, -0.1) is 0 Å². The van der Waals surface area contributed by atoms with Gasteiger partial charge in [0.15, 0.2) is 13.7 Å². The highest BCUT2D eigenvalue weighted by Gasteiger charge is 2.18. The predicted octanol–water partition coefficient (Wildman–Crippen LogP) is 2.75. The molecule has 4 aromatic rings. The molecule has 0 heterocycles. The molecular weight excluding hydrogens is 515 g/mol. The van der Waals surface area contributed by atoms with Crippen LogP contribution >= 0.6 is 0 Å². The van der Waals surface area contributed by atoms with Gasteiger partial charge in [-0.3, -0.25) is 0 Å². The van der Waals surface area contributed by atoms with E-state index >= 15 is 0 Å². The van der Waals surface area contributed by atoms with Crippen molar-refractivity contribution in [2.45, 2.75) is 19.4 Å². The number of benzene rings is 4. The minimum Gasteiger partial charge on any atom is -0.508 e. The van der Waals surface area contributed by atoms with E-state index in [2.05, 4.69) is 54.6 Å². The van der Waals surface area contributed by atoms with E-state index < -0.39 is 5.97 Å². The highest BCUT2D eigenvalue weighted by atomic mass is 127. The van der Waals surface area contributed by atoms with Crippen LogP contribution in [-0.2, 0) is 9.53 Å². The van der Waals surface area contributed by atoms with E-state index in [-0.39, 0.29) is 39.7 Å². The quantitative estimate of drug-likeness (QED) is 0.277. The largest absolute Gasteiger partial charge is 0.508 e. The Hall–Kier alpha value is -3.06. The van der Waals surface area contributed by atoms with Crippen LogP contribution in [-0.4, -0.2) is 17.7 Å². The molecule has 0 spiro atoms. The Balaban J connectivity index is 1.31. The predicted molar refractivity (Wildman–Crippen MR) is 121 cm³/mol. The fourth-order valence-electron chi connectivity index (χ4n) is 3.35. The van der Waals surface area contributed by atoms with Gasteiger partial charge in [-0.25, -0.2) is 4.79 Å². The van der Waals surface area contributed by atoms with E-state index in [0.29, 0.717) is 12.2 Å². The molecule has 1 atom stereocenters. The van der Waals surface area contributed by atoms with Gasteiger partial charge in [0.05, 0.1) is 0 Å². The van der Waals surface area contributed by atoms with E-state index in [1.807, 2.05) is 19.1 Å². The first-order valence-corrected chi connectivity index (χ1v) is 12.6. The van der Waals surface area contributed by atoms with Crippen molar-refractivity contribution >= 4 is 16.7 Å². The summed E-state index contributed by atoms with van der Waals surface area (Å²) in [6.45, 7) is 1.80. The van der Waals surface area contributed by atoms with Crippen LogP contribution in [0.3, 0.4) is 0 Å². The fraction of sp³-hybridized carbons (Fsp3) is 0.148. The lowest BCUT2D eigenvalue weighted by Gasteiger charge is -2.17. The molecule has 0 amide bonds. The van der Waals surface area contributed by atoms with Gasteiger partial charge < -0.3 is 14.6 Å². The number of phenolic OH excluding ortho intramolecular Hbond substituents is 1. The van der Waals surface area contributed by atoms with Gasteiger partial charge in [0.2, 0.25) is 0 Å². The van der Waals surface area contributed by atoms with Gasteiger partial charge in [-0.05, 0) is 77.4 Å². The van der Waals surface area contributed by atoms with E-state index in [9.17, 15) is 9.90 Å². The lowest BCUT2D eigenvalue weighted by atomic mass is 10.1. The van der Waals surface area contributed by atoms with Crippen molar-refractivity contribution in [2.24, 2.45) is 0 Å². The molecule has 4 rings (SSSR count). The van der Waals surface area contributed by atoms with Crippen molar-refractivity contribution in [3.8, 4) is 11.5 Å². The first-order chi connectivity index (χ1) is 15.6. The second-order valence-corrected chi connectivity index (χ2v) is 10.3. The zero-order valence-corrected chi connectivity index (χ0v) is 19.9. The standard InChI is InChI=1S/C27H23IO4/c1-2-26(20-8-13-24(29)14-9-20)32-27(30)18-31-25-15-11-22(12-16-25)28-23-10-7-19-5-3-4-6-21(19)17-23/h3-17,26H,2,18H2,1H3/p+1. The van der Waals surface area contributed by atoms with E-state index in [1.54, 1.807) is 24.3 Å². The molecule has 0 aromatic heterocycles. The minimum atomic E-state index is -0.419. The fourth-order valence-corrected chi connectivity index (χ4v) is 5.64. The van der Waals surface area contributed by atoms with Crippen molar-refractivity contribution in [1.82, 2.24) is 0 Å². The Labute approximate surface area is 198 Å². The lowest BCUT2D eigenvalue weighted by molar-refractivity contribution is -0.597. The minimum absolute atomic E-state index is 0.145. The monoisotopic (exact) mass is 539 g/mol. The van der Waals surface area contributed by atoms with Crippen LogP contribution in [0.1, 0.15) is 25.0 Å². The number of ether oxygens (including phenoxy) is 2. The van der Waals surface area contributed by atoms with Gasteiger partial charge in [0.1, 0.15) is 17.6 Å². The molecule has 4 nitrogen and oxygen atoms in total. The summed E-state index contributed by atoms with van der Waals surface area (Å²) in [6, 6.07) is 29.7. The van der Waals surface area contributed by atoms with Crippen LogP contribution < -0.4 is 25.9 Å². The van der Waals surface area contributed by atoms with Gasteiger partial charge in [-0.2, -0.15) is 0 Å². The molecule has 0 fully saturated rings. The molecule has 0 aliphatic carbocycles. The summed E-state index contributed by atoms with van der Waals surface area (Å²) in [7, 11) is 0. The molecule has 162 valence electrons. The number of hydrogen-bond acceptors (Lipinski definition) is 4. The number of carbonyl (C=O) groups is 1. The van der Waals surface area contributed by atoms with Crippen molar-refractivity contribution < 1.29 is 40.6 Å². The first kappa shape index (κ1) is 22.1. The third kappa shape index (κ3) is 5.79. The van der Waals surface area contributed by atoms with Gasteiger partial charge >= 0.3 is 27.2 Å². The SMILES string of the molecule is CCC(OC(=O)COc1ccc([I+]c2ccc3ccccc3c2)cc1)c1ccc(O)cc1. The second-order valence-electron chi connectivity index (χ2n) is 7.31. The van der Waals surface area contributed by atoms with Crippen LogP contribution in [0.15, 0.2) is 91.0 Å². The summed E-state index contributed by atoms with van der Waals surface area (Å²) < 4.78 is 13.8. The van der Waals surface area contributed by atoms with Gasteiger partial charge in [0, 0.05) is 0 Å². The average Bonchev–Trinajstić information content (AvgIpc) is 2.82. The number of hydrogen-bond donors (Lipinski definition) is 1. The molecule has 1 unspecified atom stereocenters. The maximum Gasteiger partial charge on any atom is 0.357 e.